The number of carbonyl (C=O) groups is 2. The van der Waals surface area contributed by atoms with Crippen LogP contribution in [0.4, 0.5) is 0 Å². The summed E-state index contributed by atoms with van der Waals surface area (Å²) in [6.45, 7) is 1.60. The van der Waals surface area contributed by atoms with Gasteiger partial charge in [-0.1, -0.05) is 0 Å². The Labute approximate surface area is 189 Å². The Kier molecular flexibility index (Phi) is 11.5. The Bertz CT molecular complexity index is 746. The zero-order valence-electron chi connectivity index (χ0n) is 18.1. The van der Waals surface area contributed by atoms with Gasteiger partial charge in [-0.2, -0.15) is 8.42 Å². The molecule has 1 aliphatic heterocycles. The molecule has 17 heteroatoms. The predicted molar refractivity (Wildman–Crippen MR) is 103 cm³/mol. The molecule has 194 valence electrons. The Balaban J connectivity index is 3.01. The Morgan fingerprint density at radius 3 is 2.18 bits per heavy atom. The van der Waals surface area contributed by atoms with Gasteiger partial charge in [0.25, 0.3) is 0 Å². The summed E-state index contributed by atoms with van der Waals surface area (Å²) < 4.78 is 60.6. The van der Waals surface area contributed by atoms with Crippen molar-refractivity contribution in [3.8, 4) is 0 Å². The summed E-state index contributed by atoms with van der Waals surface area (Å²) in [5.41, 5.74) is 0. The molecule has 0 spiro atoms. The number of rotatable bonds is 13. The van der Waals surface area contributed by atoms with Crippen LogP contribution in [0.3, 0.4) is 0 Å². The number of ether oxygens (including phenoxy) is 5. The van der Waals surface area contributed by atoms with Crippen molar-refractivity contribution in [2.75, 3.05) is 20.8 Å². The van der Waals surface area contributed by atoms with Gasteiger partial charge in [0.15, 0.2) is 18.7 Å². The number of aliphatic carboxylic acids is 1. The van der Waals surface area contributed by atoms with Gasteiger partial charge >= 0.3 is 16.4 Å². The highest BCUT2D eigenvalue weighted by Crippen LogP contribution is 2.25. The van der Waals surface area contributed by atoms with Crippen LogP contribution in [0, 0.1) is 0 Å². The minimum absolute atomic E-state index is 0.588. The zero-order valence-corrected chi connectivity index (χ0v) is 18.9. The number of carboxylic acids is 1. The van der Waals surface area contributed by atoms with Crippen LogP contribution in [0.25, 0.3) is 0 Å². The molecule has 0 aromatic heterocycles. The minimum Gasteiger partial charge on any atom is -0.479 e. The van der Waals surface area contributed by atoms with Crippen LogP contribution in [-0.4, -0.2) is 122 Å². The molecule has 16 nitrogen and oxygen atoms in total. The molecule has 33 heavy (non-hydrogen) atoms. The van der Waals surface area contributed by atoms with Crippen molar-refractivity contribution in [1.82, 2.24) is 5.32 Å². The van der Waals surface area contributed by atoms with Crippen LogP contribution in [0.1, 0.15) is 13.8 Å². The molecule has 1 aliphatic rings. The lowest BCUT2D eigenvalue weighted by Gasteiger charge is -2.40. The highest BCUT2D eigenvalue weighted by atomic mass is 32.3. The van der Waals surface area contributed by atoms with E-state index in [1.54, 1.807) is 0 Å². The minimum atomic E-state index is -5.04. The van der Waals surface area contributed by atoms with Gasteiger partial charge in [-0.05, 0) is 6.92 Å². The van der Waals surface area contributed by atoms with Crippen molar-refractivity contribution in [3.05, 3.63) is 0 Å². The van der Waals surface area contributed by atoms with Crippen molar-refractivity contribution < 1.29 is 70.9 Å². The van der Waals surface area contributed by atoms with E-state index in [2.05, 4.69) is 9.50 Å². The first kappa shape index (κ1) is 29.5. The number of nitrogens with one attached hydrogen (secondary N) is 1. The summed E-state index contributed by atoms with van der Waals surface area (Å²) in [7, 11) is -2.84. The number of methoxy groups -OCH3 is 2. The van der Waals surface area contributed by atoms with E-state index in [1.165, 1.54) is 0 Å². The second-order valence-electron chi connectivity index (χ2n) is 6.96. The van der Waals surface area contributed by atoms with Crippen LogP contribution in [-0.2, 0) is 47.9 Å². The van der Waals surface area contributed by atoms with Crippen molar-refractivity contribution in [2.24, 2.45) is 0 Å². The standard InChI is InChI=1S/C16H29NO15S/c1-6(18)14(32-33(24,25)26)31-15(28-4)8(17-7(2)19)5-29-16-10(21)9(20)11(27-3)12(30-16)13(22)23/h6,8-12,14-16,18,20-21H,5H2,1-4H3,(H,17,19)(H,22,23)(H,24,25,26)/t6-,8?,9?,10?,11-,12?,14?,15+,16+/m0/s1. The summed E-state index contributed by atoms with van der Waals surface area (Å²) in [6.07, 6.45) is -13.4. The molecule has 0 aliphatic carbocycles. The molecule has 1 saturated heterocycles. The smallest absolute Gasteiger partial charge is 0.399 e. The first-order valence-corrected chi connectivity index (χ1v) is 10.8. The Hall–Kier alpha value is -1.51. The molecule has 5 unspecified atom stereocenters. The molecular weight excluding hydrogens is 478 g/mol. The number of aliphatic hydroxyl groups excluding tert-OH is 3. The SMILES string of the molecule is CO[C@H](OC(OS(=O)(=O)O)[C@H](C)O)C(CO[C@@H]1OC(C(=O)O)[C@@H](OC)C(O)C1O)NC(C)=O. The van der Waals surface area contributed by atoms with Crippen molar-refractivity contribution in [1.29, 1.82) is 0 Å². The average Bonchev–Trinajstić information content (AvgIpc) is 2.69. The van der Waals surface area contributed by atoms with E-state index in [1.807, 2.05) is 0 Å². The Morgan fingerprint density at radius 2 is 1.76 bits per heavy atom. The fourth-order valence-corrected chi connectivity index (χ4v) is 3.31. The molecule has 1 heterocycles. The van der Waals surface area contributed by atoms with E-state index < -0.39 is 84.3 Å². The number of aliphatic hydroxyl groups is 3. The summed E-state index contributed by atoms with van der Waals surface area (Å²) >= 11 is 0. The third-order valence-electron chi connectivity index (χ3n) is 4.33. The monoisotopic (exact) mass is 507 g/mol. The van der Waals surface area contributed by atoms with E-state index in [-0.39, 0.29) is 0 Å². The maximum Gasteiger partial charge on any atom is 0.399 e. The van der Waals surface area contributed by atoms with Crippen molar-refractivity contribution in [3.63, 3.8) is 0 Å². The molecule has 0 radical (unpaired) electrons. The predicted octanol–water partition coefficient (Wildman–Crippen LogP) is -3.43. The summed E-state index contributed by atoms with van der Waals surface area (Å²) in [5.74, 6) is -2.13. The third kappa shape index (κ3) is 8.98. The first-order chi connectivity index (χ1) is 15.2. The molecule has 9 atom stereocenters. The van der Waals surface area contributed by atoms with E-state index in [4.69, 9.17) is 28.2 Å². The van der Waals surface area contributed by atoms with Crippen molar-refractivity contribution in [2.45, 2.75) is 69.3 Å². The van der Waals surface area contributed by atoms with Gasteiger partial charge in [0.1, 0.15) is 30.5 Å². The third-order valence-corrected chi connectivity index (χ3v) is 4.76. The van der Waals surface area contributed by atoms with Crippen LogP contribution in [0.15, 0.2) is 0 Å². The molecule has 0 aromatic carbocycles. The highest BCUT2D eigenvalue weighted by Gasteiger charge is 2.49. The summed E-state index contributed by atoms with van der Waals surface area (Å²) in [4.78, 5) is 23.0. The zero-order chi connectivity index (χ0) is 25.5. The molecule has 1 amide bonds. The fourth-order valence-electron chi connectivity index (χ4n) is 2.87. The maximum absolute atomic E-state index is 11.6. The van der Waals surface area contributed by atoms with Gasteiger partial charge < -0.3 is 49.4 Å². The van der Waals surface area contributed by atoms with E-state index in [9.17, 15) is 38.4 Å². The van der Waals surface area contributed by atoms with Gasteiger partial charge in [-0.3, -0.25) is 9.35 Å². The molecule has 0 aromatic rings. The lowest BCUT2D eigenvalue weighted by Crippen LogP contribution is -2.61. The van der Waals surface area contributed by atoms with Gasteiger partial charge in [0.05, 0.1) is 6.61 Å². The fraction of sp³-hybridized carbons (Fsp3) is 0.875. The molecule has 1 rings (SSSR count). The molecule has 0 bridgehead atoms. The van der Waals surface area contributed by atoms with Gasteiger partial charge in [0.2, 0.25) is 12.2 Å². The van der Waals surface area contributed by atoms with Gasteiger partial charge in [-0.25, -0.2) is 8.98 Å². The van der Waals surface area contributed by atoms with E-state index >= 15 is 0 Å². The molecular formula is C16H29NO15S. The topological polar surface area (TPSA) is 237 Å². The summed E-state index contributed by atoms with van der Waals surface area (Å²) in [5, 5.41) is 41.6. The van der Waals surface area contributed by atoms with Crippen LogP contribution >= 0.6 is 0 Å². The second kappa shape index (κ2) is 12.8. The molecule has 1 fully saturated rings. The number of hydrogen-bond acceptors (Lipinski definition) is 13. The molecule has 6 N–H and O–H groups in total. The van der Waals surface area contributed by atoms with Crippen LogP contribution in [0.5, 0.6) is 0 Å². The Morgan fingerprint density at radius 1 is 1.15 bits per heavy atom. The van der Waals surface area contributed by atoms with Crippen molar-refractivity contribution >= 4 is 22.3 Å². The number of hydrogen-bond donors (Lipinski definition) is 6. The number of amides is 1. The van der Waals surface area contributed by atoms with Crippen LogP contribution < -0.4 is 5.32 Å². The largest absolute Gasteiger partial charge is 0.479 e. The van der Waals surface area contributed by atoms with Gasteiger partial charge in [0, 0.05) is 21.1 Å². The number of carbonyl (C=O) groups excluding carboxylic acids is 1. The lowest BCUT2D eigenvalue weighted by atomic mass is 9.98. The average molecular weight is 507 g/mol. The van der Waals surface area contributed by atoms with Crippen LogP contribution in [0.2, 0.25) is 0 Å². The lowest BCUT2D eigenvalue weighted by molar-refractivity contribution is -0.304. The summed E-state index contributed by atoms with van der Waals surface area (Å²) in [6, 6.07) is -1.27. The normalized spacial score (nSPS) is 29.6. The van der Waals surface area contributed by atoms with E-state index in [0.717, 1.165) is 28.1 Å². The highest BCUT2D eigenvalue weighted by molar-refractivity contribution is 7.80. The van der Waals surface area contributed by atoms with E-state index in [0.29, 0.717) is 0 Å². The first-order valence-electron chi connectivity index (χ1n) is 9.39. The number of carboxylic acid groups (broad SMARTS) is 1. The quantitative estimate of drug-likeness (QED) is 0.105. The molecule has 0 saturated carbocycles. The van der Waals surface area contributed by atoms with Gasteiger partial charge in [-0.15, -0.1) is 0 Å². The second-order valence-corrected chi connectivity index (χ2v) is 8.01. The maximum atomic E-state index is 11.6.